The van der Waals surface area contributed by atoms with E-state index in [1.54, 1.807) is 17.2 Å². The summed E-state index contributed by atoms with van der Waals surface area (Å²) >= 11 is 1.44. The van der Waals surface area contributed by atoms with Gasteiger partial charge in [-0.15, -0.1) is 11.3 Å². The minimum absolute atomic E-state index is 0.110. The van der Waals surface area contributed by atoms with Crippen LogP contribution in [0.25, 0.3) is 10.8 Å². The van der Waals surface area contributed by atoms with Crippen molar-refractivity contribution in [3.63, 3.8) is 0 Å². The molecule has 0 saturated carbocycles. The molecule has 0 bridgehead atoms. The summed E-state index contributed by atoms with van der Waals surface area (Å²) in [6, 6.07) is 3.64. The lowest BCUT2D eigenvalue weighted by atomic mass is 9.98. The molecule has 1 aliphatic heterocycles. The molecule has 3 rings (SSSR count). The number of hydrogen-bond acceptors (Lipinski definition) is 7. The summed E-state index contributed by atoms with van der Waals surface area (Å²) in [4.78, 5) is 30.6. The molecule has 1 amide bonds. The van der Waals surface area contributed by atoms with E-state index in [4.69, 9.17) is 13.9 Å². The topological polar surface area (TPSA) is 81.9 Å². The Labute approximate surface area is 162 Å². The second-order valence-electron chi connectivity index (χ2n) is 7.49. The van der Waals surface area contributed by atoms with Gasteiger partial charge >= 0.3 is 12.1 Å². The van der Waals surface area contributed by atoms with Gasteiger partial charge in [0.2, 0.25) is 0 Å². The lowest BCUT2D eigenvalue weighted by Gasteiger charge is -2.33. The van der Waals surface area contributed by atoms with E-state index in [0.717, 1.165) is 11.4 Å². The summed E-state index contributed by atoms with van der Waals surface area (Å²) in [5, 5.41) is 2.60. The van der Waals surface area contributed by atoms with Gasteiger partial charge in [0.05, 0.1) is 17.9 Å². The number of carbonyl (C=O) groups excluding carboxylic acids is 2. The maximum absolute atomic E-state index is 12.4. The van der Waals surface area contributed by atoms with Crippen LogP contribution in [0, 0.1) is 5.92 Å². The highest BCUT2D eigenvalue weighted by Crippen LogP contribution is 2.25. The number of esters is 1. The number of thiazole rings is 1. The number of hydrogen-bond donors (Lipinski definition) is 0. The van der Waals surface area contributed by atoms with Crippen LogP contribution in [0.15, 0.2) is 28.2 Å². The largest absolute Gasteiger partial charge is 0.462 e. The Morgan fingerprint density at radius 3 is 2.93 bits per heavy atom. The Kier molecular flexibility index (Phi) is 5.84. The van der Waals surface area contributed by atoms with Gasteiger partial charge in [-0.05, 0) is 45.7 Å². The van der Waals surface area contributed by atoms with Crippen molar-refractivity contribution in [3.05, 3.63) is 29.5 Å². The molecule has 27 heavy (non-hydrogen) atoms. The van der Waals surface area contributed by atoms with Crippen molar-refractivity contribution < 1.29 is 23.5 Å². The third-order valence-electron chi connectivity index (χ3n) is 4.05. The fourth-order valence-corrected chi connectivity index (χ4v) is 3.58. The van der Waals surface area contributed by atoms with E-state index in [1.807, 2.05) is 32.2 Å². The quantitative estimate of drug-likeness (QED) is 0.729. The first-order valence-electron chi connectivity index (χ1n) is 8.94. The van der Waals surface area contributed by atoms with Crippen LogP contribution in [-0.2, 0) is 20.9 Å². The molecular weight excluding hydrogens is 368 g/mol. The fraction of sp³-hybridized carbons (Fsp3) is 0.526. The van der Waals surface area contributed by atoms with Gasteiger partial charge in [0.25, 0.3) is 0 Å². The predicted molar refractivity (Wildman–Crippen MR) is 100 cm³/mol. The molecule has 1 aliphatic rings. The molecule has 0 N–H and O–H groups in total. The van der Waals surface area contributed by atoms with Gasteiger partial charge in [0, 0.05) is 18.5 Å². The third kappa shape index (κ3) is 5.32. The van der Waals surface area contributed by atoms with Crippen molar-refractivity contribution in [2.75, 3.05) is 13.1 Å². The molecule has 7 nitrogen and oxygen atoms in total. The Bertz CT molecular complexity index is 778. The Balaban J connectivity index is 1.51. The minimum atomic E-state index is -0.555. The van der Waals surface area contributed by atoms with E-state index >= 15 is 0 Å². The highest BCUT2D eigenvalue weighted by Gasteiger charge is 2.32. The van der Waals surface area contributed by atoms with Crippen LogP contribution in [0.1, 0.15) is 39.3 Å². The molecule has 1 atom stereocenters. The first-order chi connectivity index (χ1) is 12.8. The molecule has 2 aromatic rings. The molecule has 1 saturated heterocycles. The second kappa shape index (κ2) is 8.12. The van der Waals surface area contributed by atoms with E-state index in [1.165, 1.54) is 11.3 Å². The van der Waals surface area contributed by atoms with Crippen LogP contribution in [0.3, 0.4) is 0 Å². The number of rotatable bonds is 4. The zero-order valence-corrected chi connectivity index (χ0v) is 16.6. The average molecular weight is 392 g/mol. The van der Waals surface area contributed by atoms with E-state index in [0.29, 0.717) is 31.0 Å². The normalized spacial score (nSPS) is 17.6. The number of aromatic nitrogens is 1. The van der Waals surface area contributed by atoms with E-state index < -0.39 is 5.60 Å². The lowest BCUT2D eigenvalue weighted by molar-refractivity contribution is -0.151. The number of ether oxygens (including phenoxy) is 2. The van der Waals surface area contributed by atoms with Crippen LogP contribution >= 0.6 is 11.3 Å². The minimum Gasteiger partial charge on any atom is -0.462 e. The van der Waals surface area contributed by atoms with Gasteiger partial charge < -0.3 is 18.8 Å². The Morgan fingerprint density at radius 2 is 2.22 bits per heavy atom. The highest BCUT2D eigenvalue weighted by atomic mass is 32.1. The molecule has 0 spiro atoms. The summed E-state index contributed by atoms with van der Waals surface area (Å²) in [5.41, 5.74) is 0.125. The Morgan fingerprint density at radius 1 is 1.41 bits per heavy atom. The van der Waals surface area contributed by atoms with Crippen LogP contribution in [-0.4, -0.2) is 40.6 Å². The number of likely N-dealkylation sites (tertiary alicyclic amines) is 1. The van der Waals surface area contributed by atoms with Crippen molar-refractivity contribution in [1.82, 2.24) is 9.88 Å². The summed E-state index contributed by atoms with van der Waals surface area (Å²) in [5.74, 6) is 0.0446. The lowest BCUT2D eigenvalue weighted by Crippen LogP contribution is -2.45. The van der Waals surface area contributed by atoms with E-state index in [9.17, 15) is 9.59 Å². The summed E-state index contributed by atoms with van der Waals surface area (Å²) in [6.07, 6.45) is 2.66. The SMILES string of the molecule is CC(C)(C)OC(=O)N1CCCC(C(=O)OCc2csc(-c3ccco3)n2)C1. The smallest absolute Gasteiger partial charge is 0.410 e. The summed E-state index contributed by atoms with van der Waals surface area (Å²) in [7, 11) is 0. The van der Waals surface area contributed by atoms with Gasteiger partial charge in [0.1, 0.15) is 12.2 Å². The zero-order chi connectivity index (χ0) is 19.4. The molecule has 0 aliphatic carbocycles. The standard InChI is InChI=1S/C19H24N2O5S/c1-19(2,3)26-18(23)21-8-4-6-13(10-21)17(22)25-11-14-12-27-16(20-14)15-7-5-9-24-15/h5,7,9,12-13H,4,6,8,10-11H2,1-3H3. The number of furan rings is 1. The molecular formula is C19H24N2O5S. The first-order valence-corrected chi connectivity index (χ1v) is 9.82. The summed E-state index contributed by atoms with van der Waals surface area (Å²) in [6.45, 7) is 6.50. The fourth-order valence-electron chi connectivity index (χ4n) is 2.81. The van der Waals surface area contributed by atoms with Crippen LogP contribution < -0.4 is 0 Å². The highest BCUT2D eigenvalue weighted by molar-refractivity contribution is 7.13. The van der Waals surface area contributed by atoms with Crippen LogP contribution in [0.2, 0.25) is 0 Å². The third-order valence-corrected chi connectivity index (χ3v) is 4.96. The van der Waals surface area contributed by atoms with E-state index in [-0.39, 0.29) is 24.6 Å². The van der Waals surface area contributed by atoms with Gasteiger partial charge in [-0.2, -0.15) is 0 Å². The van der Waals surface area contributed by atoms with Crippen LogP contribution in [0.4, 0.5) is 4.79 Å². The maximum Gasteiger partial charge on any atom is 0.410 e. The molecule has 146 valence electrons. The van der Waals surface area contributed by atoms with Crippen LogP contribution in [0.5, 0.6) is 0 Å². The van der Waals surface area contributed by atoms with Gasteiger partial charge in [0.15, 0.2) is 10.8 Å². The van der Waals surface area contributed by atoms with Crippen molar-refractivity contribution >= 4 is 23.4 Å². The van der Waals surface area contributed by atoms with Crippen molar-refractivity contribution in [1.29, 1.82) is 0 Å². The predicted octanol–water partition coefficient (Wildman–Crippen LogP) is 4.09. The number of piperidine rings is 1. The number of amides is 1. The summed E-state index contributed by atoms with van der Waals surface area (Å²) < 4.78 is 16.1. The van der Waals surface area contributed by atoms with E-state index in [2.05, 4.69) is 4.98 Å². The second-order valence-corrected chi connectivity index (χ2v) is 8.35. The molecule has 0 aromatic carbocycles. The monoisotopic (exact) mass is 392 g/mol. The molecule has 1 fully saturated rings. The average Bonchev–Trinajstić information content (AvgIpc) is 3.29. The van der Waals surface area contributed by atoms with Gasteiger partial charge in [-0.1, -0.05) is 0 Å². The maximum atomic E-state index is 12.4. The van der Waals surface area contributed by atoms with Gasteiger partial charge in [-0.25, -0.2) is 9.78 Å². The Hall–Kier alpha value is -2.35. The number of nitrogens with zero attached hydrogens (tertiary/aromatic N) is 2. The zero-order valence-electron chi connectivity index (χ0n) is 15.8. The molecule has 8 heteroatoms. The van der Waals surface area contributed by atoms with Crippen molar-refractivity contribution in [2.45, 2.75) is 45.8 Å². The van der Waals surface area contributed by atoms with Crippen molar-refractivity contribution in [3.8, 4) is 10.8 Å². The first kappa shape index (κ1) is 19.4. The molecule has 0 radical (unpaired) electrons. The molecule has 2 aromatic heterocycles. The van der Waals surface area contributed by atoms with Crippen molar-refractivity contribution in [2.24, 2.45) is 5.92 Å². The number of carbonyl (C=O) groups is 2. The molecule has 3 heterocycles. The molecule has 1 unspecified atom stereocenters. The van der Waals surface area contributed by atoms with Gasteiger partial charge in [-0.3, -0.25) is 4.79 Å².